The van der Waals surface area contributed by atoms with E-state index in [1.807, 2.05) is 13.8 Å². The van der Waals surface area contributed by atoms with Crippen molar-refractivity contribution in [2.75, 3.05) is 12.3 Å². The first-order valence-corrected chi connectivity index (χ1v) is 7.93. The fourth-order valence-corrected chi connectivity index (χ4v) is 3.27. The number of hydrogen-bond acceptors (Lipinski definition) is 9. The Morgan fingerprint density at radius 3 is 2.84 bits per heavy atom. The smallest absolute Gasteiger partial charge is 0.302 e. The summed E-state index contributed by atoms with van der Waals surface area (Å²) < 4.78 is 24.9. The van der Waals surface area contributed by atoms with Gasteiger partial charge in [-0.1, -0.05) is 0 Å². The van der Waals surface area contributed by atoms with Crippen LogP contribution in [-0.4, -0.2) is 56.2 Å². The highest BCUT2D eigenvalue weighted by Gasteiger charge is 2.56. The van der Waals surface area contributed by atoms with Gasteiger partial charge in [-0.2, -0.15) is 0 Å². The number of hydrogen-bond donors (Lipinski definition) is 1. The number of anilines is 1. The van der Waals surface area contributed by atoms with Crippen molar-refractivity contribution >= 4 is 23.0 Å². The van der Waals surface area contributed by atoms with Gasteiger partial charge in [0.25, 0.3) is 0 Å². The first-order valence-electron chi connectivity index (χ1n) is 7.93. The van der Waals surface area contributed by atoms with Gasteiger partial charge in [0.1, 0.15) is 36.8 Å². The van der Waals surface area contributed by atoms with E-state index in [1.54, 1.807) is 10.9 Å². The summed E-state index contributed by atoms with van der Waals surface area (Å²) in [7, 11) is 0. The molecule has 2 fully saturated rings. The van der Waals surface area contributed by atoms with E-state index in [0.717, 1.165) is 0 Å². The zero-order chi connectivity index (χ0) is 17.8. The Kier molecular flexibility index (Phi) is 3.63. The summed E-state index contributed by atoms with van der Waals surface area (Å²) in [4.78, 5) is 23.6. The van der Waals surface area contributed by atoms with Crippen LogP contribution in [0.1, 0.15) is 27.0 Å². The second kappa shape index (κ2) is 5.61. The van der Waals surface area contributed by atoms with Crippen molar-refractivity contribution in [3.63, 3.8) is 0 Å². The lowest BCUT2D eigenvalue weighted by atomic mass is 10.1. The topological polar surface area (TPSA) is 124 Å². The van der Waals surface area contributed by atoms with Gasteiger partial charge < -0.3 is 24.7 Å². The molecule has 2 aromatic rings. The number of nitrogens with two attached hydrogens (primary N) is 1. The van der Waals surface area contributed by atoms with Crippen molar-refractivity contribution in [2.24, 2.45) is 0 Å². The molecule has 4 rings (SSSR count). The molecule has 4 atom stereocenters. The number of fused-ring (bicyclic) bond motifs is 2. The van der Waals surface area contributed by atoms with Gasteiger partial charge in [0, 0.05) is 6.92 Å². The minimum atomic E-state index is -0.768. The zero-order valence-corrected chi connectivity index (χ0v) is 14.1. The molecule has 10 nitrogen and oxygen atoms in total. The van der Waals surface area contributed by atoms with Crippen LogP contribution in [0, 0.1) is 0 Å². The number of imidazole rings is 1. The van der Waals surface area contributed by atoms with Crippen LogP contribution in [0.4, 0.5) is 5.82 Å². The number of aromatic nitrogens is 4. The minimum Gasteiger partial charge on any atom is -0.463 e. The Morgan fingerprint density at radius 1 is 1.32 bits per heavy atom. The maximum Gasteiger partial charge on any atom is 0.302 e. The summed E-state index contributed by atoms with van der Waals surface area (Å²) in [6, 6.07) is 0. The van der Waals surface area contributed by atoms with E-state index in [9.17, 15) is 4.79 Å². The Morgan fingerprint density at radius 2 is 2.08 bits per heavy atom. The molecular formula is C15H19N5O5. The second-order valence-electron chi connectivity index (χ2n) is 6.52. The lowest BCUT2D eigenvalue weighted by Gasteiger charge is -2.24. The molecule has 134 valence electrons. The van der Waals surface area contributed by atoms with E-state index >= 15 is 0 Å². The molecule has 10 heteroatoms. The number of carbonyl (C=O) groups is 1. The van der Waals surface area contributed by atoms with Crippen LogP contribution in [0.3, 0.4) is 0 Å². The Bertz CT molecular complexity index is 822. The van der Waals surface area contributed by atoms with E-state index < -0.39 is 24.2 Å². The van der Waals surface area contributed by atoms with Crippen molar-refractivity contribution in [2.45, 2.75) is 51.1 Å². The van der Waals surface area contributed by atoms with Gasteiger partial charge in [-0.15, -0.1) is 0 Å². The molecule has 0 aliphatic carbocycles. The number of ether oxygens (including phenoxy) is 4. The Labute approximate surface area is 143 Å². The van der Waals surface area contributed by atoms with Gasteiger partial charge in [0.05, 0.1) is 6.33 Å². The highest BCUT2D eigenvalue weighted by atomic mass is 16.8. The summed E-state index contributed by atoms with van der Waals surface area (Å²) in [5.41, 5.74) is 6.87. The summed E-state index contributed by atoms with van der Waals surface area (Å²) in [6.07, 6.45) is 1.18. The molecule has 2 saturated heterocycles. The summed E-state index contributed by atoms with van der Waals surface area (Å²) >= 11 is 0. The van der Waals surface area contributed by atoms with E-state index in [0.29, 0.717) is 17.0 Å². The Balaban J connectivity index is 1.68. The molecule has 2 aliphatic heterocycles. The van der Waals surface area contributed by atoms with E-state index in [-0.39, 0.29) is 18.7 Å². The zero-order valence-electron chi connectivity index (χ0n) is 14.1. The minimum absolute atomic E-state index is 0.0796. The third-order valence-corrected chi connectivity index (χ3v) is 4.24. The van der Waals surface area contributed by atoms with Crippen LogP contribution in [0.2, 0.25) is 0 Å². The fraction of sp³-hybridized carbons (Fsp3) is 0.600. The fourth-order valence-electron chi connectivity index (χ4n) is 3.27. The highest BCUT2D eigenvalue weighted by molar-refractivity contribution is 5.81. The summed E-state index contributed by atoms with van der Waals surface area (Å²) in [5, 5.41) is 0. The van der Waals surface area contributed by atoms with Crippen molar-refractivity contribution in [1.29, 1.82) is 0 Å². The van der Waals surface area contributed by atoms with E-state index in [2.05, 4.69) is 15.0 Å². The molecule has 0 aromatic carbocycles. The van der Waals surface area contributed by atoms with Crippen LogP contribution in [-0.2, 0) is 23.7 Å². The number of carbonyl (C=O) groups excluding carboxylic acids is 1. The molecule has 0 unspecified atom stereocenters. The molecule has 2 aromatic heterocycles. The lowest BCUT2D eigenvalue weighted by molar-refractivity contribution is -0.201. The molecule has 25 heavy (non-hydrogen) atoms. The first-order chi connectivity index (χ1) is 11.9. The number of nitrogen functional groups attached to an aromatic ring is 1. The Hall–Kier alpha value is -2.30. The van der Waals surface area contributed by atoms with Crippen LogP contribution < -0.4 is 5.73 Å². The van der Waals surface area contributed by atoms with Crippen LogP contribution in [0.25, 0.3) is 11.2 Å². The average Bonchev–Trinajstić information content (AvgIpc) is 3.17. The molecule has 2 N–H and O–H groups in total. The van der Waals surface area contributed by atoms with Crippen molar-refractivity contribution < 1.29 is 23.7 Å². The van der Waals surface area contributed by atoms with Gasteiger partial charge in [-0.05, 0) is 13.8 Å². The number of nitrogens with zero attached hydrogens (tertiary/aromatic N) is 4. The average molecular weight is 349 g/mol. The van der Waals surface area contributed by atoms with Crippen molar-refractivity contribution in [3.05, 3.63) is 12.7 Å². The van der Waals surface area contributed by atoms with Gasteiger partial charge in [-0.25, -0.2) is 15.0 Å². The van der Waals surface area contributed by atoms with Crippen LogP contribution >= 0.6 is 0 Å². The van der Waals surface area contributed by atoms with Crippen LogP contribution in [0.15, 0.2) is 12.7 Å². The first kappa shape index (κ1) is 16.2. The lowest BCUT2D eigenvalue weighted by Crippen LogP contribution is -2.33. The van der Waals surface area contributed by atoms with Gasteiger partial charge >= 0.3 is 5.97 Å². The SMILES string of the molecule is CC(=O)OC[C@H]1O[C@@H](n2cnc3c(N)ncnc32)[C@@H]2OC(C)(C)O[C@@H]21. The predicted octanol–water partition coefficient (Wildman–Crippen LogP) is 0.389. The number of rotatable bonds is 3. The molecule has 4 heterocycles. The van der Waals surface area contributed by atoms with Crippen molar-refractivity contribution in [3.8, 4) is 0 Å². The van der Waals surface area contributed by atoms with Gasteiger partial charge in [-0.3, -0.25) is 9.36 Å². The standard InChI is InChI=1S/C15H19N5O5/c1-7(21)22-4-8-10-11(25-15(2,3)24-10)14(23-8)20-6-19-9-12(16)17-5-18-13(9)20/h5-6,8,10-11,14H,4H2,1-3H3,(H2,16,17,18)/t8-,10-,11-,14-/m1/s1. The van der Waals surface area contributed by atoms with Gasteiger partial charge in [0.2, 0.25) is 0 Å². The van der Waals surface area contributed by atoms with Crippen LogP contribution in [0.5, 0.6) is 0 Å². The maximum atomic E-state index is 11.1. The summed E-state index contributed by atoms with van der Waals surface area (Å²) in [6.45, 7) is 5.09. The molecule has 0 spiro atoms. The highest BCUT2D eigenvalue weighted by Crippen LogP contribution is 2.43. The molecule has 0 bridgehead atoms. The molecular weight excluding hydrogens is 330 g/mol. The summed E-state index contributed by atoms with van der Waals surface area (Å²) in [5.74, 6) is -0.856. The molecule has 2 aliphatic rings. The third kappa shape index (κ3) is 2.71. The van der Waals surface area contributed by atoms with E-state index in [4.69, 9.17) is 24.7 Å². The monoisotopic (exact) mass is 349 g/mol. The largest absolute Gasteiger partial charge is 0.463 e. The number of esters is 1. The predicted molar refractivity (Wildman–Crippen MR) is 84.1 cm³/mol. The van der Waals surface area contributed by atoms with Gasteiger partial charge in [0.15, 0.2) is 23.5 Å². The normalized spacial score (nSPS) is 30.5. The third-order valence-electron chi connectivity index (χ3n) is 4.24. The molecule has 0 amide bonds. The quantitative estimate of drug-likeness (QED) is 0.783. The second-order valence-corrected chi connectivity index (χ2v) is 6.52. The van der Waals surface area contributed by atoms with Crippen molar-refractivity contribution in [1.82, 2.24) is 19.5 Å². The molecule has 0 radical (unpaired) electrons. The maximum absolute atomic E-state index is 11.1. The van der Waals surface area contributed by atoms with E-state index in [1.165, 1.54) is 13.3 Å². The molecule has 0 saturated carbocycles.